The van der Waals surface area contributed by atoms with Gasteiger partial charge in [0.05, 0.1) is 18.3 Å². The van der Waals surface area contributed by atoms with Gasteiger partial charge in [0, 0.05) is 17.8 Å². The van der Waals surface area contributed by atoms with Crippen LogP contribution in [-0.4, -0.2) is 40.8 Å². The van der Waals surface area contributed by atoms with Crippen molar-refractivity contribution in [2.24, 2.45) is 17.3 Å². The predicted octanol–water partition coefficient (Wildman–Crippen LogP) is 3.65. The Morgan fingerprint density at radius 1 is 1.28 bits per heavy atom. The number of carbonyl (C=O) groups excluding carboxylic acids is 2. The van der Waals surface area contributed by atoms with Crippen LogP contribution >= 0.6 is 0 Å². The Labute approximate surface area is 171 Å². The highest BCUT2D eigenvalue weighted by atomic mass is 16.5. The van der Waals surface area contributed by atoms with Gasteiger partial charge >= 0.3 is 5.97 Å². The summed E-state index contributed by atoms with van der Waals surface area (Å²) in [5.74, 6) is -1.07. The number of hydrogen-bond donors (Lipinski definition) is 2. The molecule has 2 N–H and O–H groups in total. The minimum atomic E-state index is -1.10. The Balaban J connectivity index is 1.98. The molecule has 6 heteroatoms. The monoisotopic (exact) mass is 402 g/mol. The second-order valence-corrected chi connectivity index (χ2v) is 8.93. The van der Waals surface area contributed by atoms with Crippen LogP contribution in [0, 0.1) is 17.3 Å². The predicted molar refractivity (Wildman–Crippen MR) is 108 cm³/mol. The fourth-order valence-electron chi connectivity index (χ4n) is 4.98. The first-order valence-electron chi connectivity index (χ1n) is 10.0. The van der Waals surface area contributed by atoms with Crippen LogP contribution in [0.15, 0.2) is 29.8 Å². The Morgan fingerprint density at radius 3 is 2.59 bits per heavy atom. The zero-order valence-electron chi connectivity index (χ0n) is 17.7. The lowest BCUT2D eigenvalue weighted by Gasteiger charge is -2.42. The Morgan fingerprint density at radius 2 is 1.97 bits per heavy atom. The van der Waals surface area contributed by atoms with Crippen LogP contribution in [0.4, 0.5) is 0 Å². The van der Waals surface area contributed by atoms with E-state index in [0.717, 1.165) is 5.57 Å². The van der Waals surface area contributed by atoms with E-state index in [2.05, 4.69) is 0 Å². The molecule has 0 bridgehead atoms. The number of rotatable bonds is 4. The zero-order chi connectivity index (χ0) is 21.6. The number of phenols is 1. The molecule has 2 aliphatic rings. The lowest BCUT2D eigenvalue weighted by molar-refractivity contribution is -0.140. The number of phenolic OH excluding ortho intramolecular Hbond substituents is 1. The second kappa shape index (κ2) is 7.48. The molecule has 1 aromatic rings. The Bertz CT molecular complexity index is 857. The number of allylic oxidation sites excluding steroid dienone is 1. The van der Waals surface area contributed by atoms with Crippen molar-refractivity contribution in [3.05, 3.63) is 35.4 Å². The summed E-state index contributed by atoms with van der Waals surface area (Å²) in [6.07, 6.45) is 2.44. The van der Waals surface area contributed by atoms with Gasteiger partial charge in [-0.25, -0.2) is 4.79 Å². The van der Waals surface area contributed by atoms with Crippen LogP contribution in [0.1, 0.15) is 57.3 Å². The molecule has 0 heterocycles. The van der Waals surface area contributed by atoms with Crippen LogP contribution in [-0.2, 0) is 9.53 Å². The van der Waals surface area contributed by atoms with Crippen molar-refractivity contribution in [1.82, 2.24) is 0 Å². The molecule has 2 aliphatic carbocycles. The third-order valence-electron chi connectivity index (χ3n) is 6.78. The van der Waals surface area contributed by atoms with Crippen molar-refractivity contribution in [2.45, 2.75) is 58.7 Å². The molecule has 0 amide bonds. The summed E-state index contributed by atoms with van der Waals surface area (Å²) in [6.45, 7) is 7.59. The van der Waals surface area contributed by atoms with Crippen LogP contribution in [0.25, 0.3) is 0 Å². The van der Waals surface area contributed by atoms with E-state index < -0.39 is 29.0 Å². The molecule has 6 nitrogen and oxygen atoms in total. The summed E-state index contributed by atoms with van der Waals surface area (Å²) < 4.78 is 11.0. The van der Waals surface area contributed by atoms with Crippen molar-refractivity contribution in [3.63, 3.8) is 0 Å². The molecule has 1 saturated carbocycles. The molecular weight excluding hydrogens is 372 g/mol. The molecule has 0 spiro atoms. The van der Waals surface area contributed by atoms with Crippen molar-refractivity contribution in [2.75, 3.05) is 7.11 Å². The summed E-state index contributed by atoms with van der Waals surface area (Å²) in [5.41, 5.74) is -0.808. The number of aliphatic hydroxyl groups is 1. The quantitative estimate of drug-likeness (QED) is 0.747. The van der Waals surface area contributed by atoms with E-state index in [-0.39, 0.29) is 28.8 Å². The molecule has 0 aromatic heterocycles. The summed E-state index contributed by atoms with van der Waals surface area (Å²) >= 11 is 0. The standard InChI is InChI=1S/C23H30O6/c1-13(2)23(27)9-8-22(4)19(25)11-14(3)10-18(20(22)23)29-21(26)15-6-7-16(24)17(12-15)28-5/h6-7,11-13,18,20,24,27H,8-10H2,1-5H3/t18-,20+,22-,23-/m0/s1. The van der Waals surface area contributed by atoms with Gasteiger partial charge in [0.2, 0.25) is 0 Å². The van der Waals surface area contributed by atoms with Crippen molar-refractivity contribution < 1.29 is 29.3 Å². The topological polar surface area (TPSA) is 93.1 Å². The fourth-order valence-corrected chi connectivity index (χ4v) is 4.98. The van der Waals surface area contributed by atoms with E-state index >= 15 is 0 Å². The second-order valence-electron chi connectivity index (χ2n) is 8.93. The number of ketones is 1. The minimum Gasteiger partial charge on any atom is -0.504 e. The van der Waals surface area contributed by atoms with E-state index in [9.17, 15) is 19.8 Å². The van der Waals surface area contributed by atoms with Gasteiger partial charge in [-0.15, -0.1) is 0 Å². The van der Waals surface area contributed by atoms with Gasteiger partial charge in [-0.05, 0) is 50.0 Å². The number of esters is 1. The number of ether oxygens (including phenoxy) is 2. The first-order valence-corrected chi connectivity index (χ1v) is 10.0. The van der Waals surface area contributed by atoms with Crippen LogP contribution in [0.3, 0.4) is 0 Å². The number of fused-ring (bicyclic) bond motifs is 1. The minimum absolute atomic E-state index is 0.0126. The summed E-state index contributed by atoms with van der Waals surface area (Å²) in [7, 11) is 1.40. The number of carbonyl (C=O) groups is 2. The highest BCUT2D eigenvalue weighted by Crippen LogP contribution is 2.56. The first kappa shape index (κ1) is 21.4. The average Bonchev–Trinajstić information content (AvgIpc) is 2.90. The molecule has 1 fully saturated rings. The average molecular weight is 402 g/mol. The lowest BCUT2D eigenvalue weighted by Crippen LogP contribution is -2.51. The van der Waals surface area contributed by atoms with Crippen LogP contribution < -0.4 is 4.74 Å². The van der Waals surface area contributed by atoms with E-state index in [1.807, 2.05) is 27.7 Å². The third-order valence-corrected chi connectivity index (χ3v) is 6.78. The normalized spacial score (nSPS) is 31.8. The molecule has 0 unspecified atom stereocenters. The van der Waals surface area contributed by atoms with Gasteiger partial charge < -0.3 is 19.7 Å². The third kappa shape index (κ3) is 3.54. The molecule has 0 saturated heterocycles. The van der Waals surface area contributed by atoms with E-state index in [4.69, 9.17) is 9.47 Å². The van der Waals surface area contributed by atoms with Crippen molar-refractivity contribution in [1.29, 1.82) is 0 Å². The maximum atomic E-state index is 13.0. The van der Waals surface area contributed by atoms with Gasteiger partial charge in [-0.3, -0.25) is 4.79 Å². The number of methoxy groups -OCH3 is 1. The molecular formula is C23H30O6. The van der Waals surface area contributed by atoms with E-state index in [0.29, 0.717) is 19.3 Å². The highest BCUT2D eigenvalue weighted by molar-refractivity contribution is 5.96. The Kier molecular flexibility index (Phi) is 5.52. The van der Waals surface area contributed by atoms with Crippen molar-refractivity contribution >= 4 is 11.8 Å². The fraction of sp³-hybridized carbons (Fsp3) is 0.565. The van der Waals surface area contributed by atoms with E-state index in [1.54, 1.807) is 6.08 Å². The van der Waals surface area contributed by atoms with E-state index in [1.165, 1.54) is 25.3 Å². The summed E-state index contributed by atoms with van der Waals surface area (Å²) in [5, 5.41) is 21.3. The molecule has 158 valence electrons. The summed E-state index contributed by atoms with van der Waals surface area (Å²) in [4.78, 5) is 25.9. The molecule has 4 atom stereocenters. The van der Waals surface area contributed by atoms with Crippen molar-refractivity contribution in [3.8, 4) is 11.5 Å². The van der Waals surface area contributed by atoms with Gasteiger partial charge in [0.1, 0.15) is 6.10 Å². The molecule has 1 aromatic carbocycles. The van der Waals surface area contributed by atoms with Crippen LogP contribution in [0.2, 0.25) is 0 Å². The maximum Gasteiger partial charge on any atom is 0.338 e. The SMILES string of the molecule is COc1cc(C(=O)O[C@H]2CC(C)=CC(=O)[C@]3(C)CC[C@](O)(C(C)C)[C@H]23)ccc1O. The molecule has 0 aliphatic heterocycles. The zero-order valence-corrected chi connectivity index (χ0v) is 17.7. The van der Waals surface area contributed by atoms with Gasteiger partial charge in [-0.2, -0.15) is 0 Å². The smallest absolute Gasteiger partial charge is 0.338 e. The summed E-state index contributed by atoms with van der Waals surface area (Å²) in [6, 6.07) is 4.26. The van der Waals surface area contributed by atoms with Crippen LogP contribution in [0.5, 0.6) is 11.5 Å². The lowest BCUT2D eigenvalue weighted by atomic mass is 9.67. The Hall–Kier alpha value is -2.34. The van der Waals surface area contributed by atoms with Gasteiger partial charge in [-0.1, -0.05) is 26.3 Å². The largest absolute Gasteiger partial charge is 0.504 e. The van der Waals surface area contributed by atoms with Gasteiger partial charge in [0.25, 0.3) is 0 Å². The van der Waals surface area contributed by atoms with Gasteiger partial charge in [0.15, 0.2) is 17.3 Å². The number of benzene rings is 1. The highest BCUT2D eigenvalue weighted by Gasteiger charge is 2.62. The molecule has 29 heavy (non-hydrogen) atoms. The number of hydrogen-bond acceptors (Lipinski definition) is 6. The molecule has 3 rings (SSSR count). The maximum absolute atomic E-state index is 13.0. The first-order chi connectivity index (χ1) is 13.5. The number of aromatic hydroxyl groups is 1. The molecule has 0 radical (unpaired) electrons.